The van der Waals surface area contributed by atoms with E-state index in [0.717, 1.165) is 10.9 Å². The van der Waals surface area contributed by atoms with Crippen LogP contribution in [0.2, 0.25) is 0 Å². The largest absolute Gasteiger partial charge is 0.323 e. The van der Waals surface area contributed by atoms with Crippen LogP contribution in [0.15, 0.2) is 36.5 Å². The van der Waals surface area contributed by atoms with Crippen molar-refractivity contribution in [2.24, 2.45) is 11.7 Å². The summed E-state index contributed by atoms with van der Waals surface area (Å²) in [7, 11) is 0. The average molecular weight is 257 g/mol. The molecule has 1 aromatic carbocycles. The Morgan fingerprint density at radius 1 is 1.32 bits per heavy atom. The lowest BCUT2D eigenvalue weighted by atomic mass is 10.0. The second kappa shape index (κ2) is 5.80. The third kappa shape index (κ3) is 3.29. The molecule has 4 nitrogen and oxygen atoms in total. The Morgan fingerprint density at radius 3 is 2.79 bits per heavy atom. The maximum Gasteiger partial charge on any atom is 0.241 e. The van der Waals surface area contributed by atoms with Gasteiger partial charge in [0.15, 0.2) is 0 Å². The molecule has 0 spiro atoms. The molecule has 0 saturated heterocycles. The molecule has 2 aromatic rings. The number of aromatic nitrogens is 1. The van der Waals surface area contributed by atoms with Crippen molar-refractivity contribution in [3.05, 3.63) is 36.5 Å². The molecule has 0 unspecified atom stereocenters. The number of nitrogens with two attached hydrogens (primary N) is 1. The maximum atomic E-state index is 12.0. The molecule has 2 rings (SSSR count). The number of rotatable bonds is 4. The Hall–Kier alpha value is -1.94. The number of amides is 1. The van der Waals surface area contributed by atoms with E-state index in [4.69, 9.17) is 5.73 Å². The van der Waals surface area contributed by atoms with E-state index in [2.05, 4.69) is 10.3 Å². The molecule has 100 valence electrons. The van der Waals surface area contributed by atoms with Crippen LogP contribution in [0, 0.1) is 5.92 Å². The lowest BCUT2D eigenvalue weighted by Crippen LogP contribution is -2.36. The smallest absolute Gasteiger partial charge is 0.241 e. The fourth-order valence-electron chi connectivity index (χ4n) is 2.05. The standard InChI is InChI=1S/C15H19N3O/c1-10(2)9-12(16)15(19)18-13-7-3-5-11-6-4-8-17-14(11)13/h3-8,10,12H,9,16H2,1-2H3,(H,18,19)/t12-/m0/s1. The van der Waals surface area contributed by atoms with Gasteiger partial charge in [0, 0.05) is 11.6 Å². The van der Waals surface area contributed by atoms with E-state index in [1.54, 1.807) is 6.20 Å². The zero-order chi connectivity index (χ0) is 13.8. The fourth-order valence-corrected chi connectivity index (χ4v) is 2.05. The number of hydrogen-bond acceptors (Lipinski definition) is 3. The van der Waals surface area contributed by atoms with Crippen LogP contribution in [-0.4, -0.2) is 16.9 Å². The number of nitrogens with zero attached hydrogens (tertiary/aromatic N) is 1. The zero-order valence-corrected chi connectivity index (χ0v) is 11.3. The summed E-state index contributed by atoms with van der Waals surface area (Å²) in [5.74, 6) is 0.234. The van der Waals surface area contributed by atoms with Gasteiger partial charge < -0.3 is 11.1 Å². The molecule has 19 heavy (non-hydrogen) atoms. The van der Waals surface area contributed by atoms with Crippen LogP contribution in [0.25, 0.3) is 10.9 Å². The van der Waals surface area contributed by atoms with Crippen molar-refractivity contribution in [2.75, 3.05) is 5.32 Å². The second-order valence-corrected chi connectivity index (χ2v) is 5.11. The summed E-state index contributed by atoms with van der Waals surface area (Å²) in [6.07, 6.45) is 2.38. The van der Waals surface area contributed by atoms with Gasteiger partial charge in [0.05, 0.1) is 17.2 Å². The molecule has 0 bridgehead atoms. The first-order valence-corrected chi connectivity index (χ1v) is 6.48. The summed E-state index contributed by atoms with van der Waals surface area (Å²) in [5.41, 5.74) is 7.38. The first-order valence-electron chi connectivity index (χ1n) is 6.48. The van der Waals surface area contributed by atoms with E-state index in [1.165, 1.54) is 0 Å². The predicted octanol–water partition coefficient (Wildman–Crippen LogP) is 2.55. The van der Waals surface area contributed by atoms with Crippen molar-refractivity contribution in [3.8, 4) is 0 Å². The number of para-hydroxylation sites is 1. The Kier molecular flexibility index (Phi) is 4.12. The molecule has 1 atom stereocenters. The molecule has 1 amide bonds. The van der Waals surface area contributed by atoms with Crippen LogP contribution >= 0.6 is 0 Å². The molecule has 0 aliphatic heterocycles. The highest BCUT2D eigenvalue weighted by atomic mass is 16.2. The van der Waals surface area contributed by atoms with Crippen molar-refractivity contribution in [1.82, 2.24) is 4.98 Å². The number of nitrogens with one attached hydrogen (secondary N) is 1. The van der Waals surface area contributed by atoms with E-state index in [0.29, 0.717) is 18.0 Å². The molecule has 1 heterocycles. The fraction of sp³-hybridized carbons (Fsp3) is 0.333. The number of carbonyl (C=O) groups is 1. The third-order valence-corrected chi connectivity index (χ3v) is 2.95. The van der Waals surface area contributed by atoms with E-state index in [1.807, 2.05) is 44.2 Å². The van der Waals surface area contributed by atoms with Gasteiger partial charge in [-0.2, -0.15) is 0 Å². The van der Waals surface area contributed by atoms with Gasteiger partial charge in [-0.1, -0.05) is 32.0 Å². The molecule has 0 radical (unpaired) electrons. The predicted molar refractivity (Wildman–Crippen MR) is 77.8 cm³/mol. The van der Waals surface area contributed by atoms with Crippen molar-refractivity contribution < 1.29 is 4.79 Å². The zero-order valence-electron chi connectivity index (χ0n) is 11.3. The molecule has 1 aromatic heterocycles. The molecular formula is C15H19N3O. The number of anilines is 1. The number of benzene rings is 1. The number of pyridine rings is 1. The van der Waals surface area contributed by atoms with Crippen LogP contribution in [-0.2, 0) is 4.79 Å². The quantitative estimate of drug-likeness (QED) is 0.884. The number of fused-ring (bicyclic) bond motifs is 1. The van der Waals surface area contributed by atoms with Crippen LogP contribution in [0.3, 0.4) is 0 Å². The Balaban J connectivity index is 2.19. The first kappa shape index (κ1) is 13.5. The molecule has 0 fully saturated rings. The molecular weight excluding hydrogens is 238 g/mol. The minimum Gasteiger partial charge on any atom is -0.323 e. The number of carbonyl (C=O) groups excluding carboxylic acids is 1. The normalized spacial score (nSPS) is 12.6. The highest BCUT2D eigenvalue weighted by molar-refractivity contribution is 6.02. The van der Waals surface area contributed by atoms with Gasteiger partial charge in [-0.05, 0) is 24.5 Å². The van der Waals surface area contributed by atoms with Crippen molar-refractivity contribution in [2.45, 2.75) is 26.3 Å². The van der Waals surface area contributed by atoms with Crippen molar-refractivity contribution in [3.63, 3.8) is 0 Å². The van der Waals surface area contributed by atoms with Gasteiger partial charge in [-0.3, -0.25) is 9.78 Å². The Bertz CT molecular complexity index is 575. The van der Waals surface area contributed by atoms with E-state index >= 15 is 0 Å². The van der Waals surface area contributed by atoms with Crippen LogP contribution in [0.5, 0.6) is 0 Å². The molecule has 3 N–H and O–H groups in total. The first-order chi connectivity index (χ1) is 9.08. The lowest BCUT2D eigenvalue weighted by Gasteiger charge is -2.14. The monoisotopic (exact) mass is 257 g/mol. The van der Waals surface area contributed by atoms with Crippen LogP contribution < -0.4 is 11.1 Å². The minimum absolute atomic E-state index is 0.160. The maximum absolute atomic E-state index is 12.0. The SMILES string of the molecule is CC(C)C[C@H](N)C(=O)Nc1cccc2cccnc12. The molecule has 0 aliphatic rings. The topological polar surface area (TPSA) is 68.0 Å². The van der Waals surface area contributed by atoms with Gasteiger partial charge in [-0.25, -0.2) is 0 Å². The van der Waals surface area contributed by atoms with Gasteiger partial charge in [0.25, 0.3) is 0 Å². The van der Waals surface area contributed by atoms with Gasteiger partial charge >= 0.3 is 0 Å². The van der Waals surface area contributed by atoms with Crippen LogP contribution in [0.4, 0.5) is 5.69 Å². The van der Waals surface area contributed by atoms with Gasteiger partial charge in [0.1, 0.15) is 0 Å². The highest BCUT2D eigenvalue weighted by Crippen LogP contribution is 2.20. The highest BCUT2D eigenvalue weighted by Gasteiger charge is 2.16. The summed E-state index contributed by atoms with van der Waals surface area (Å²) in [6, 6.07) is 9.05. The van der Waals surface area contributed by atoms with Crippen molar-refractivity contribution in [1.29, 1.82) is 0 Å². The molecule has 4 heteroatoms. The van der Waals surface area contributed by atoms with E-state index in [-0.39, 0.29) is 5.91 Å². The molecule has 0 aliphatic carbocycles. The average Bonchev–Trinajstić information content (AvgIpc) is 2.38. The Labute approximate surface area is 113 Å². The summed E-state index contributed by atoms with van der Waals surface area (Å²) >= 11 is 0. The summed E-state index contributed by atoms with van der Waals surface area (Å²) < 4.78 is 0. The lowest BCUT2D eigenvalue weighted by molar-refractivity contribution is -0.117. The van der Waals surface area contributed by atoms with Crippen LogP contribution in [0.1, 0.15) is 20.3 Å². The third-order valence-electron chi connectivity index (χ3n) is 2.95. The summed E-state index contributed by atoms with van der Waals surface area (Å²) in [4.78, 5) is 16.3. The molecule has 0 saturated carbocycles. The summed E-state index contributed by atoms with van der Waals surface area (Å²) in [6.45, 7) is 4.10. The summed E-state index contributed by atoms with van der Waals surface area (Å²) in [5, 5.41) is 3.86. The van der Waals surface area contributed by atoms with E-state index in [9.17, 15) is 4.79 Å². The van der Waals surface area contributed by atoms with Gasteiger partial charge in [-0.15, -0.1) is 0 Å². The van der Waals surface area contributed by atoms with E-state index < -0.39 is 6.04 Å². The number of hydrogen-bond donors (Lipinski definition) is 2. The van der Waals surface area contributed by atoms with Gasteiger partial charge in [0.2, 0.25) is 5.91 Å². The van der Waals surface area contributed by atoms with Crippen molar-refractivity contribution >= 4 is 22.5 Å². The minimum atomic E-state index is -0.487. The second-order valence-electron chi connectivity index (χ2n) is 5.11. The Morgan fingerprint density at radius 2 is 2.05 bits per heavy atom.